The fourth-order valence-corrected chi connectivity index (χ4v) is 2.12. The van der Waals surface area contributed by atoms with Crippen molar-refractivity contribution in [3.63, 3.8) is 0 Å². The molecule has 0 aromatic heterocycles. The maximum absolute atomic E-state index is 12.7. The van der Waals surface area contributed by atoms with Crippen molar-refractivity contribution in [2.24, 2.45) is 5.16 Å². The normalized spacial score (nSPS) is 16.5. The van der Waals surface area contributed by atoms with Crippen LogP contribution in [0.25, 0.3) is 0 Å². The monoisotopic (exact) mass is 264 g/mol. The molecule has 0 bridgehead atoms. The number of amides is 1. The SMILES string of the molecule is O=C(NC1CCCCC1)O/N=C\c1ccc(F)cc1. The highest BCUT2D eigenvalue weighted by atomic mass is 19.1. The molecule has 0 radical (unpaired) electrons. The topological polar surface area (TPSA) is 50.7 Å². The van der Waals surface area contributed by atoms with E-state index in [1.54, 1.807) is 12.1 Å². The van der Waals surface area contributed by atoms with Gasteiger partial charge < -0.3 is 5.32 Å². The zero-order valence-corrected chi connectivity index (χ0v) is 10.6. The molecule has 1 saturated carbocycles. The highest BCUT2D eigenvalue weighted by Crippen LogP contribution is 2.17. The molecule has 0 saturated heterocycles. The summed E-state index contributed by atoms with van der Waals surface area (Å²) >= 11 is 0. The van der Waals surface area contributed by atoms with Gasteiger partial charge in [-0.15, -0.1) is 0 Å². The van der Waals surface area contributed by atoms with Crippen LogP contribution < -0.4 is 5.32 Å². The van der Waals surface area contributed by atoms with Crippen LogP contribution in [0.5, 0.6) is 0 Å². The molecule has 1 amide bonds. The Morgan fingerprint density at radius 2 is 1.95 bits per heavy atom. The molecule has 4 nitrogen and oxygen atoms in total. The summed E-state index contributed by atoms with van der Waals surface area (Å²) in [7, 11) is 0. The van der Waals surface area contributed by atoms with Crippen molar-refractivity contribution < 1.29 is 14.0 Å². The van der Waals surface area contributed by atoms with Crippen LogP contribution in [0, 0.1) is 5.82 Å². The van der Waals surface area contributed by atoms with E-state index in [1.165, 1.54) is 24.8 Å². The number of oxime groups is 1. The van der Waals surface area contributed by atoms with Crippen LogP contribution in [0.4, 0.5) is 9.18 Å². The van der Waals surface area contributed by atoms with Gasteiger partial charge in [0, 0.05) is 6.04 Å². The van der Waals surface area contributed by atoms with Crippen LogP contribution in [0.2, 0.25) is 0 Å². The highest BCUT2D eigenvalue weighted by molar-refractivity contribution is 5.79. The number of carbonyl (C=O) groups excluding carboxylic acids is 1. The Balaban J connectivity index is 1.74. The maximum Gasteiger partial charge on any atom is 0.433 e. The number of hydrogen-bond acceptors (Lipinski definition) is 3. The number of carbonyl (C=O) groups is 1. The standard InChI is InChI=1S/C14H17FN2O2/c15-12-8-6-11(7-9-12)10-16-19-14(18)17-13-4-2-1-3-5-13/h6-10,13H,1-5H2,(H,17,18)/b16-10-. The Morgan fingerprint density at radius 1 is 1.26 bits per heavy atom. The average Bonchev–Trinajstić information content (AvgIpc) is 2.42. The van der Waals surface area contributed by atoms with Crippen LogP contribution in [0.1, 0.15) is 37.7 Å². The van der Waals surface area contributed by atoms with Gasteiger partial charge in [0.1, 0.15) is 5.82 Å². The third kappa shape index (κ3) is 4.69. The first kappa shape index (κ1) is 13.5. The number of nitrogens with one attached hydrogen (secondary N) is 1. The first-order valence-corrected chi connectivity index (χ1v) is 6.50. The van der Waals surface area contributed by atoms with Gasteiger partial charge in [-0.3, -0.25) is 4.84 Å². The van der Waals surface area contributed by atoms with Gasteiger partial charge in [0.15, 0.2) is 0 Å². The summed E-state index contributed by atoms with van der Waals surface area (Å²) in [5.41, 5.74) is 0.673. The minimum absolute atomic E-state index is 0.197. The summed E-state index contributed by atoms with van der Waals surface area (Å²) in [5.74, 6) is -0.312. The zero-order valence-electron chi connectivity index (χ0n) is 10.6. The van der Waals surface area contributed by atoms with Crippen LogP contribution in [0.15, 0.2) is 29.4 Å². The largest absolute Gasteiger partial charge is 0.433 e. The Morgan fingerprint density at radius 3 is 2.63 bits per heavy atom. The third-order valence-electron chi connectivity index (χ3n) is 3.13. The lowest BCUT2D eigenvalue weighted by Crippen LogP contribution is -2.35. The third-order valence-corrected chi connectivity index (χ3v) is 3.13. The van der Waals surface area contributed by atoms with Gasteiger partial charge >= 0.3 is 6.09 Å². The molecule has 0 unspecified atom stereocenters. The van der Waals surface area contributed by atoms with Gasteiger partial charge in [0.05, 0.1) is 6.21 Å². The second kappa shape index (κ2) is 6.87. The molecule has 2 rings (SSSR count). The lowest BCUT2D eigenvalue weighted by Gasteiger charge is -2.21. The van der Waals surface area contributed by atoms with Gasteiger partial charge in [-0.25, -0.2) is 9.18 Å². The molecular formula is C14H17FN2O2. The second-order valence-corrected chi connectivity index (χ2v) is 4.64. The van der Waals surface area contributed by atoms with E-state index >= 15 is 0 Å². The number of halogens is 1. The number of nitrogens with zero attached hydrogens (tertiary/aromatic N) is 1. The van der Waals surface area contributed by atoms with Crippen molar-refractivity contribution in [3.05, 3.63) is 35.6 Å². The lowest BCUT2D eigenvalue weighted by atomic mass is 9.96. The Kier molecular flexibility index (Phi) is 4.89. The Hall–Kier alpha value is -1.91. The molecule has 1 aliphatic carbocycles. The zero-order chi connectivity index (χ0) is 13.5. The van der Waals surface area contributed by atoms with Crippen molar-refractivity contribution in [1.29, 1.82) is 0 Å². The summed E-state index contributed by atoms with van der Waals surface area (Å²) in [4.78, 5) is 16.2. The number of hydrogen-bond donors (Lipinski definition) is 1. The smallest absolute Gasteiger partial charge is 0.317 e. The Bertz CT molecular complexity index is 439. The maximum atomic E-state index is 12.7. The van der Waals surface area contributed by atoms with Crippen LogP contribution in [-0.4, -0.2) is 18.3 Å². The van der Waals surface area contributed by atoms with Gasteiger partial charge in [0.2, 0.25) is 0 Å². The summed E-state index contributed by atoms with van der Waals surface area (Å²) in [5, 5.41) is 6.36. The van der Waals surface area contributed by atoms with Crippen molar-refractivity contribution in [3.8, 4) is 0 Å². The van der Waals surface area contributed by atoms with Gasteiger partial charge in [-0.1, -0.05) is 36.6 Å². The van der Waals surface area contributed by atoms with E-state index in [-0.39, 0.29) is 11.9 Å². The predicted molar refractivity (Wildman–Crippen MR) is 70.5 cm³/mol. The molecule has 0 spiro atoms. The summed E-state index contributed by atoms with van der Waals surface area (Å²) < 4.78 is 12.7. The lowest BCUT2D eigenvalue weighted by molar-refractivity contribution is 0.144. The molecule has 1 aromatic carbocycles. The first-order chi connectivity index (χ1) is 9.24. The molecular weight excluding hydrogens is 247 g/mol. The van der Waals surface area contributed by atoms with Crippen LogP contribution in [-0.2, 0) is 4.84 Å². The van der Waals surface area contributed by atoms with E-state index in [2.05, 4.69) is 10.5 Å². The van der Waals surface area contributed by atoms with Crippen molar-refractivity contribution >= 4 is 12.3 Å². The minimum Gasteiger partial charge on any atom is -0.317 e. The van der Waals surface area contributed by atoms with Crippen LogP contribution in [0.3, 0.4) is 0 Å². The first-order valence-electron chi connectivity index (χ1n) is 6.50. The fourth-order valence-electron chi connectivity index (χ4n) is 2.12. The molecule has 0 atom stereocenters. The second-order valence-electron chi connectivity index (χ2n) is 4.64. The van der Waals surface area contributed by atoms with E-state index in [4.69, 9.17) is 4.84 Å². The quantitative estimate of drug-likeness (QED) is 0.517. The van der Waals surface area contributed by atoms with E-state index in [1.807, 2.05) is 0 Å². The molecule has 5 heteroatoms. The van der Waals surface area contributed by atoms with Gasteiger partial charge in [-0.05, 0) is 30.5 Å². The fraction of sp³-hybridized carbons (Fsp3) is 0.429. The average molecular weight is 264 g/mol. The molecule has 19 heavy (non-hydrogen) atoms. The summed E-state index contributed by atoms with van der Waals surface area (Å²) in [6, 6.07) is 5.96. The Labute approximate surface area is 111 Å². The molecule has 1 N–H and O–H groups in total. The van der Waals surface area contributed by atoms with Crippen LogP contribution >= 0.6 is 0 Å². The molecule has 1 aromatic rings. The van der Waals surface area contributed by atoms with E-state index in [0.717, 1.165) is 25.7 Å². The van der Waals surface area contributed by atoms with Crippen molar-refractivity contribution in [2.45, 2.75) is 38.1 Å². The highest BCUT2D eigenvalue weighted by Gasteiger charge is 2.16. The van der Waals surface area contributed by atoms with Crippen molar-refractivity contribution in [1.82, 2.24) is 5.32 Å². The van der Waals surface area contributed by atoms with E-state index in [0.29, 0.717) is 5.56 Å². The molecule has 1 fully saturated rings. The molecule has 102 valence electrons. The summed E-state index contributed by atoms with van der Waals surface area (Å²) in [6.07, 6.45) is 6.35. The van der Waals surface area contributed by atoms with Gasteiger partial charge in [0.25, 0.3) is 0 Å². The van der Waals surface area contributed by atoms with Gasteiger partial charge in [-0.2, -0.15) is 0 Å². The van der Waals surface area contributed by atoms with Crippen molar-refractivity contribution in [2.75, 3.05) is 0 Å². The summed E-state index contributed by atoms with van der Waals surface area (Å²) in [6.45, 7) is 0. The minimum atomic E-state index is -0.537. The molecule has 0 aliphatic heterocycles. The number of rotatable bonds is 3. The number of benzene rings is 1. The van der Waals surface area contributed by atoms with E-state index in [9.17, 15) is 9.18 Å². The predicted octanol–water partition coefficient (Wildman–Crippen LogP) is 3.22. The molecule has 1 aliphatic rings. The van der Waals surface area contributed by atoms with E-state index < -0.39 is 6.09 Å². The molecule has 0 heterocycles.